The molecule has 0 bridgehead atoms. The van der Waals surface area contributed by atoms with Gasteiger partial charge in [0.15, 0.2) is 6.10 Å². The summed E-state index contributed by atoms with van der Waals surface area (Å²) in [6.45, 7) is 6.40. The van der Waals surface area contributed by atoms with E-state index in [2.05, 4.69) is 179 Å². The van der Waals surface area contributed by atoms with Crippen LogP contribution >= 0.6 is 0 Å². The quantitative estimate of drug-likeness (QED) is 0.0261. The standard InChI is InChI=1S/C74H118O6/c1-4-7-10-13-16-19-22-24-26-28-30-32-33-34-35-36-37-38-39-40-41-43-44-46-48-50-52-55-58-61-64-67-73(76)79-70-71(69-78-72(75)66-63-60-57-54-21-18-15-12-9-6-3)80-74(77)68-65-62-59-56-53-51-49-47-45-42-31-29-27-25-23-20-17-14-11-8-5-2/h7,10,12,15-16,19,23-26,29-32,34-35,37-38,40-41,44-47,50,52,71H,4-6,8-9,11,13-14,17-18,20-22,27-28,33,36,39,42-43,48-49,51,53-70H2,1-3H3/b10-7-,15-12-,19-16-,25-23-,26-24-,31-29-,32-30-,35-34-,38-37-,41-40-,46-44-,47-45-,52-50-. The molecule has 0 radical (unpaired) electrons. The van der Waals surface area contributed by atoms with Gasteiger partial charge in [-0.1, -0.05) is 262 Å². The van der Waals surface area contributed by atoms with Crippen LogP contribution in [-0.2, 0) is 28.6 Å². The molecule has 0 amide bonds. The molecule has 0 N–H and O–H groups in total. The highest BCUT2D eigenvalue weighted by atomic mass is 16.6. The monoisotopic (exact) mass is 1100 g/mol. The van der Waals surface area contributed by atoms with Crippen LogP contribution in [0.15, 0.2) is 158 Å². The van der Waals surface area contributed by atoms with Crippen molar-refractivity contribution in [3.63, 3.8) is 0 Å². The molecule has 1 unspecified atom stereocenters. The lowest BCUT2D eigenvalue weighted by Crippen LogP contribution is -2.30. The average molecular weight is 1100 g/mol. The summed E-state index contributed by atoms with van der Waals surface area (Å²) in [5.41, 5.74) is 0. The van der Waals surface area contributed by atoms with Crippen molar-refractivity contribution in [2.24, 2.45) is 0 Å². The average Bonchev–Trinajstić information content (AvgIpc) is 3.46. The molecule has 0 heterocycles. The van der Waals surface area contributed by atoms with Crippen LogP contribution in [0, 0.1) is 0 Å². The molecule has 1 atom stereocenters. The second kappa shape index (κ2) is 66.5. The summed E-state index contributed by atoms with van der Waals surface area (Å²) in [5, 5.41) is 0. The van der Waals surface area contributed by atoms with E-state index in [1.807, 2.05) is 0 Å². The minimum atomic E-state index is -0.810. The van der Waals surface area contributed by atoms with Crippen molar-refractivity contribution < 1.29 is 28.6 Å². The highest BCUT2D eigenvalue weighted by molar-refractivity contribution is 5.71. The maximum absolute atomic E-state index is 12.9. The fourth-order valence-corrected chi connectivity index (χ4v) is 8.38. The van der Waals surface area contributed by atoms with Gasteiger partial charge in [-0.15, -0.1) is 0 Å². The lowest BCUT2D eigenvalue weighted by molar-refractivity contribution is -0.167. The van der Waals surface area contributed by atoms with E-state index in [0.717, 1.165) is 167 Å². The van der Waals surface area contributed by atoms with Gasteiger partial charge in [-0.3, -0.25) is 14.4 Å². The number of unbranched alkanes of at least 4 members (excludes halogenated alkanes) is 20. The van der Waals surface area contributed by atoms with E-state index in [-0.39, 0.29) is 31.1 Å². The first-order chi connectivity index (χ1) is 39.5. The summed E-state index contributed by atoms with van der Waals surface area (Å²) in [5.74, 6) is -0.966. The number of carbonyl (C=O) groups is 3. The van der Waals surface area contributed by atoms with Gasteiger partial charge in [-0.25, -0.2) is 0 Å². The van der Waals surface area contributed by atoms with Gasteiger partial charge in [0.2, 0.25) is 0 Å². The number of carbonyl (C=O) groups excluding carboxylic acids is 3. The Morgan fingerprint density at radius 3 is 0.838 bits per heavy atom. The summed E-state index contributed by atoms with van der Waals surface area (Å²) >= 11 is 0. The predicted molar refractivity (Wildman–Crippen MR) is 348 cm³/mol. The van der Waals surface area contributed by atoms with Gasteiger partial charge in [0, 0.05) is 19.3 Å². The second-order valence-corrected chi connectivity index (χ2v) is 20.9. The van der Waals surface area contributed by atoms with E-state index in [1.54, 1.807) is 0 Å². The fraction of sp³-hybridized carbons (Fsp3) is 0.608. The van der Waals surface area contributed by atoms with Crippen LogP contribution in [0.25, 0.3) is 0 Å². The number of allylic oxidation sites excluding steroid dienone is 26. The molecular weight excluding hydrogens is 985 g/mol. The maximum atomic E-state index is 12.9. The van der Waals surface area contributed by atoms with Crippen LogP contribution in [0.1, 0.15) is 271 Å². The Hall–Kier alpha value is -4.97. The minimum absolute atomic E-state index is 0.105. The van der Waals surface area contributed by atoms with Crippen molar-refractivity contribution in [3.8, 4) is 0 Å². The summed E-state index contributed by atoms with van der Waals surface area (Å²) in [7, 11) is 0. The number of esters is 3. The molecule has 0 aromatic rings. The van der Waals surface area contributed by atoms with E-state index >= 15 is 0 Å². The van der Waals surface area contributed by atoms with Crippen molar-refractivity contribution in [1.82, 2.24) is 0 Å². The Morgan fingerprint density at radius 1 is 0.263 bits per heavy atom. The van der Waals surface area contributed by atoms with Crippen molar-refractivity contribution >= 4 is 17.9 Å². The number of hydrogen-bond donors (Lipinski definition) is 0. The Labute approximate surface area is 492 Å². The third kappa shape index (κ3) is 63.9. The van der Waals surface area contributed by atoms with E-state index in [9.17, 15) is 14.4 Å². The van der Waals surface area contributed by atoms with Crippen LogP contribution in [0.2, 0.25) is 0 Å². The van der Waals surface area contributed by atoms with Crippen molar-refractivity contribution in [1.29, 1.82) is 0 Å². The summed E-state index contributed by atoms with van der Waals surface area (Å²) in [6.07, 6.45) is 96.8. The van der Waals surface area contributed by atoms with Crippen LogP contribution in [-0.4, -0.2) is 37.2 Å². The lowest BCUT2D eigenvalue weighted by Gasteiger charge is -2.18. The van der Waals surface area contributed by atoms with Crippen LogP contribution in [0.5, 0.6) is 0 Å². The first-order valence-corrected chi connectivity index (χ1v) is 32.5. The molecule has 0 rings (SSSR count). The SMILES string of the molecule is CC/C=C\C/C=C\C/C=C\C/C=C\C/C=C\C/C=C\C/C=C\C/C=C\C/C=C\CCCCCC(=O)OCC(COC(=O)CCCCCCC/C=C\CCC)OC(=O)CCCCCCCC/C=C\C/C=C\C/C=C\CCCCCCC. The van der Waals surface area contributed by atoms with Gasteiger partial charge >= 0.3 is 17.9 Å². The maximum Gasteiger partial charge on any atom is 0.306 e. The van der Waals surface area contributed by atoms with Crippen LogP contribution in [0.4, 0.5) is 0 Å². The van der Waals surface area contributed by atoms with Gasteiger partial charge in [-0.2, -0.15) is 0 Å². The van der Waals surface area contributed by atoms with Crippen LogP contribution in [0.3, 0.4) is 0 Å². The van der Waals surface area contributed by atoms with Gasteiger partial charge < -0.3 is 14.2 Å². The smallest absolute Gasteiger partial charge is 0.306 e. The highest BCUT2D eigenvalue weighted by Crippen LogP contribution is 2.14. The molecule has 0 spiro atoms. The third-order valence-electron chi connectivity index (χ3n) is 13.2. The molecule has 6 heteroatoms. The van der Waals surface area contributed by atoms with Gasteiger partial charge in [0.25, 0.3) is 0 Å². The zero-order valence-electron chi connectivity index (χ0n) is 51.5. The molecule has 0 saturated carbocycles. The molecule has 0 aliphatic carbocycles. The molecule has 450 valence electrons. The molecule has 0 aliphatic rings. The first kappa shape index (κ1) is 75.0. The zero-order valence-corrected chi connectivity index (χ0v) is 51.5. The molecule has 80 heavy (non-hydrogen) atoms. The Bertz CT molecular complexity index is 1790. The van der Waals surface area contributed by atoms with E-state index < -0.39 is 6.10 Å². The lowest BCUT2D eigenvalue weighted by atomic mass is 10.1. The van der Waals surface area contributed by atoms with E-state index in [0.29, 0.717) is 19.3 Å². The molecule has 0 aromatic heterocycles. The predicted octanol–water partition coefficient (Wildman–Crippen LogP) is 22.5. The number of ether oxygens (including phenoxy) is 3. The fourth-order valence-electron chi connectivity index (χ4n) is 8.38. The van der Waals surface area contributed by atoms with Gasteiger partial charge in [0.1, 0.15) is 13.2 Å². The number of hydrogen-bond acceptors (Lipinski definition) is 6. The Morgan fingerprint density at radius 2 is 0.512 bits per heavy atom. The van der Waals surface area contributed by atoms with Crippen LogP contribution < -0.4 is 0 Å². The van der Waals surface area contributed by atoms with E-state index in [1.165, 1.54) is 64.2 Å². The Kier molecular flexibility index (Phi) is 62.4. The molecule has 0 fully saturated rings. The summed E-state index contributed by atoms with van der Waals surface area (Å²) in [6, 6.07) is 0. The Balaban J connectivity index is 4.38. The molecule has 0 aliphatic heterocycles. The first-order valence-electron chi connectivity index (χ1n) is 32.5. The molecule has 0 saturated heterocycles. The zero-order chi connectivity index (χ0) is 57.8. The second-order valence-electron chi connectivity index (χ2n) is 20.9. The van der Waals surface area contributed by atoms with Crippen molar-refractivity contribution in [2.45, 2.75) is 277 Å². The largest absolute Gasteiger partial charge is 0.462 e. The topological polar surface area (TPSA) is 78.9 Å². The van der Waals surface area contributed by atoms with Gasteiger partial charge in [-0.05, 0) is 148 Å². The third-order valence-corrected chi connectivity index (χ3v) is 13.2. The highest BCUT2D eigenvalue weighted by Gasteiger charge is 2.19. The van der Waals surface area contributed by atoms with Crippen molar-refractivity contribution in [3.05, 3.63) is 158 Å². The molecule has 0 aromatic carbocycles. The van der Waals surface area contributed by atoms with Crippen molar-refractivity contribution in [2.75, 3.05) is 13.2 Å². The van der Waals surface area contributed by atoms with E-state index in [4.69, 9.17) is 14.2 Å². The van der Waals surface area contributed by atoms with Gasteiger partial charge in [0.05, 0.1) is 0 Å². The minimum Gasteiger partial charge on any atom is -0.462 e. The summed E-state index contributed by atoms with van der Waals surface area (Å²) in [4.78, 5) is 38.2. The summed E-state index contributed by atoms with van der Waals surface area (Å²) < 4.78 is 16.8. The normalized spacial score (nSPS) is 13.2. The molecular formula is C74H118O6. The number of rotatable bonds is 57. The molecule has 6 nitrogen and oxygen atoms in total.